The largest absolute Gasteiger partial charge is 0.456 e. The van der Waals surface area contributed by atoms with Gasteiger partial charge in [0, 0.05) is 44.2 Å². The molecule has 4 aliphatic rings. The number of hydrogen-bond acceptors (Lipinski definition) is 2. The van der Waals surface area contributed by atoms with Gasteiger partial charge in [-0.2, -0.15) is 0 Å². The molecule has 0 radical (unpaired) electrons. The van der Waals surface area contributed by atoms with E-state index >= 15 is 0 Å². The Bertz CT molecular complexity index is 3160. The van der Waals surface area contributed by atoms with Crippen molar-refractivity contribution in [3.8, 4) is 33.4 Å². The van der Waals surface area contributed by atoms with Crippen LogP contribution in [-0.4, -0.2) is 0 Å². The molecule has 308 valence electrons. The highest BCUT2D eigenvalue weighted by Gasteiger charge is 2.56. The minimum atomic E-state index is -0.106. The Morgan fingerprint density at radius 1 is 0.532 bits per heavy atom. The molecule has 4 aliphatic carbocycles. The fourth-order valence-electron chi connectivity index (χ4n) is 12.7. The molecule has 0 N–H and O–H groups in total. The summed E-state index contributed by atoms with van der Waals surface area (Å²) in [5, 5.41) is 2.37. The van der Waals surface area contributed by atoms with Gasteiger partial charge in [0.15, 0.2) is 0 Å². The molecule has 2 bridgehead atoms. The van der Waals surface area contributed by atoms with Gasteiger partial charge in [0.05, 0.1) is 0 Å². The topological polar surface area (TPSA) is 16.4 Å². The summed E-state index contributed by atoms with van der Waals surface area (Å²) in [6, 6.07) is 53.8. The number of benzene rings is 7. The third-order valence-corrected chi connectivity index (χ3v) is 15.8. The van der Waals surface area contributed by atoms with E-state index in [1.54, 1.807) is 11.1 Å². The van der Waals surface area contributed by atoms with Crippen LogP contribution in [0.4, 0.5) is 17.1 Å². The number of fused-ring (bicyclic) bond motifs is 14. The lowest BCUT2D eigenvalue weighted by Gasteiger charge is -2.37. The van der Waals surface area contributed by atoms with Gasteiger partial charge < -0.3 is 9.32 Å². The van der Waals surface area contributed by atoms with Crippen LogP contribution in [0, 0.1) is 11.8 Å². The Morgan fingerprint density at radius 3 is 1.87 bits per heavy atom. The van der Waals surface area contributed by atoms with Crippen LogP contribution in [0.5, 0.6) is 0 Å². The normalized spacial score (nSPS) is 20.5. The third-order valence-electron chi connectivity index (χ3n) is 15.8. The highest BCUT2D eigenvalue weighted by molar-refractivity contribution is 6.08. The Morgan fingerprint density at radius 2 is 1.18 bits per heavy atom. The highest BCUT2D eigenvalue weighted by atomic mass is 16.3. The zero-order chi connectivity index (χ0) is 42.5. The van der Waals surface area contributed by atoms with Crippen LogP contribution in [-0.2, 0) is 21.7 Å². The first-order chi connectivity index (χ1) is 29.7. The van der Waals surface area contributed by atoms with Crippen LogP contribution in [0.15, 0.2) is 144 Å². The van der Waals surface area contributed by atoms with Gasteiger partial charge in [-0.3, -0.25) is 0 Å². The Labute approximate surface area is 367 Å². The van der Waals surface area contributed by atoms with Crippen molar-refractivity contribution < 1.29 is 4.42 Å². The van der Waals surface area contributed by atoms with Crippen molar-refractivity contribution in [3.63, 3.8) is 0 Å². The highest BCUT2D eigenvalue weighted by Crippen LogP contribution is 2.66. The van der Waals surface area contributed by atoms with E-state index < -0.39 is 0 Å². The minimum Gasteiger partial charge on any atom is -0.456 e. The van der Waals surface area contributed by atoms with E-state index in [0.717, 1.165) is 22.8 Å². The van der Waals surface area contributed by atoms with Gasteiger partial charge in [0.2, 0.25) is 0 Å². The second-order valence-corrected chi connectivity index (χ2v) is 21.8. The first-order valence-electron chi connectivity index (χ1n) is 23.1. The van der Waals surface area contributed by atoms with Crippen LogP contribution in [0.25, 0.3) is 55.3 Å². The molecule has 0 aliphatic heterocycles. The predicted molar refractivity (Wildman–Crippen MR) is 260 cm³/mol. The monoisotopic (exact) mass is 807 g/mol. The zero-order valence-electron chi connectivity index (χ0n) is 37.6. The fourth-order valence-corrected chi connectivity index (χ4v) is 12.7. The van der Waals surface area contributed by atoms with Crippen LogP contribution in [0.3, 0.4) is 0 Å². The van der Waals surface area contributed by atoms with E-state index in [9.17, 15) is 0 Å². The van der Waals surface area contributed by atoms with Crippen molar-refractivity contribution in [2.45, 2.75) is 103 Å². The summed E-state index contributed by atoms with van der Waals surface area (Å²) < 4.78 is 6.73. The molecule has 7 aromatic carbocycles. The second-order valence-electron chi connectivity index (χ2n) is 21.8. The summed E-state index contributed by atoms with van der Waals surface area (Å²) in [7, 11) is 0. The Hall–Kier alpha value is -5.86. The van der Waals surface area contributed by atoms with Crippen molar-refractivity contribution >= 4 is 39.0 Å². The molecule has 1 aromatic heterocycles. The van der Waals surface area contributed by atoms with E-state index in [1.807, 2.05) is 0 Å². The average molecular weight is 808 g/mol. The predicted octanol–water partition coefficient (Wildman–Crippen LogP) is 16.7. The van der Waals surface area contributed by atoms with Gasteiger partial charge in [-0.15, -0.1) is 0 Å². The van der Waals surface area contributed by atoms with Crippen molar-refractivity contribution in [2.24, 2.45) is 11.8 Å². The SMILES string of the molecule is CC(C)(C)c1cc(C(C)(C)C)c2oc3ccc(-c4cccc(N(c5ccc6c(c5)C(C)(C)c5ccccc5-6)c5ccc6c(c5)C5(CC7CCC5C7)c5ccccc5-6)c4)cc3c2c1. The van der Waals surface area contributed by atoms with Gasteiger partial charge in [-0.1, -0.05) is 147 Å². The number of anilines is 3. The number of nitrogens with zero attached hydrogens (tertiary/aromatic N) is 1. The lowest BCUT2D eigenvalue weighted by molar-refractivity contribution is 0.327. The molecule has 1 heterocycles. The average Bonchev–Trinajstić information content (AvgIpc) is 4.07. The van der Waals surface area contributed by atoms with Crippen LogP contribution in [0.2, 0.25) is 0 Å². The van der Waals surface area contributed by atoms with Gasteiger partial charge >= 0.3 is 0 Å². The van der Waals surface area contributed by atoms with Crippen LogP contribution >= 0.6 is 0 Å². The minimum absolute atomic E-state index is 0.0140. The summed E-state index contributed by atoms with van der Waals surface area (Å²) >= 11 is 0. The van der Waals surface area contributed by atoms with E-state index in [0.29, 0.717) is 5.92 Å². The second kappa shape index (κ2) is 12.9. The molecular weight excluding hydrogens is 751 g/mol. The van der Waals surface area contributed by atoms with Gasteiger partial charge in [0.1, 0.15) is 11.2 Å². The van der Waals surface area contributed by atoms with Crippen molar-refractivity contribution in [2.75, 3.05) is 4.90 Å². The molecule has 0 amide bonds. The summed E-state index contributed by atoms with van der Waals surface area (Å²) in [4.78, 5) is 2.55. The number of furan rings is 1. The first-order valence-corrected chi connectivity index (χ1v) is 23.1. The van der Waals surface area contributed by atoms with Gasteiger partial charge in [-0.05, 0) is 158 Å². The van der Waals surface area contributed by atoms with Crippen molar-refractivity contribution in [3.05, 3.63) is 173 Å². The molecule has 12 rings (SSSR count). The maximum Gasteiger partial charge on any atom is 0.139 e. The Kier molecular flexibility index (Phi) is 7.85. The summed E-state index contributed by atoms with van der Waals surface area (Å²) in [6.45, 7) is 18.6. The molecule has 0 saturated heterocycles. The van der Waals surface area contributed by atoms with E-state index in [4.69, 9.17) is 4.42 Å². The molecule has 3 unspecified atom stereocenters. The molecule has 2 nitrogen and oxygen atoms in total. The number of rotatable bonds is 4. The molecule has 1 spiro atoms. The molecule has 8 aromatic rings. The van der Waals surface area contributed by atoms with Crippen molar-refractivity contribution in [1.82, 2.24) is 0 Å². The smallest absolute Gasteiger partial charge is 0.139 e. The summed E-state index contributed by atoms with van der Waals surface area (Å²) in [5.41, 5.74) is 21.9. The number of hydrogen-bond donors (Lipinski definition) is 0. The Balaban J connectivity index is 1.04. The van der Waals surface area contributed by atoms with Crippen LogP contribution in [0.1, 0.15) is 114 Å². The maximum absolute atomic E-state index is 6.73. The van der Waals surface area contributed by atoms with E-state index in [1.165, 1.54) is 103 Å². The van der Waals surface area contributed by atoms with Gasteiger partial charge in [-0.25, -0.2) is 0 Å². The van der Waals surface area contributed by atoms with Gasteiger partial charge in [0.25, 0.3) is 0 Å². The van der Waals surface area contributed by atoms with E-state index in [2.05, 4.69) is 200 Å². The van der Waals surface area contributed by atoms with Crippen LogP contribution < -0.4 is 4.90 Å². The molecule has 3 atom stereocenters. The molecule has 2 fully saturated rings. The summed E-state index contributed by atoms with van der Waals surface area (Å²) in [5.74, 6) is 1.52. The fraction of sp³-hybridized carbons (Fsp3) is 0.300. The maximum atomic E-state index is 6.73. The zero-order valence-corrected chi connectivity index (χ0v) is 37.6. The van der Waals surface area contributed by atoms with Crippen molar-refractivity contribution in [1.29, 1.82) is 0 Å². The molecule has 2 saturated carbocycles. The lowest BCUT2D eigenvalue weighted by atomic mass is 9.67. The molecular formula is C60H57NO. The molecule has 2 heteroatoms. The van der Waals surface area contributed by atoms with E-state index in [-0.39, 0.29) is 21.7 Å². The quantitative estimate of drug-likeness (QED) is 0.176. The summed E-state index contributed by atoms with van der Waals surface area (Å²) in [6.07, 6.45) is 5.34. The standard InChI is InChI=1S/C60H57NO/c1-57(2,3)40-31-49-48-30-38(21-27-55(48)62-56(49)54(32-40)58(4,5)6)37-14-13-15-41(29-37)61(42-23-25-46-44-16-9-11-18-50(44)59(7,8)52(46)33-42)43-24-26-47-45-17-10-12-19-51(45)60(53(47)34-43)35-36-20-22-39(60)28-36/h9-19,21,23-27,29-34,36,39H,20,22,28,35H2,1-8H3. The third kappa shape index (κ3) is 5.34. The lowest BCUT2D eigenvalue weighted by Crippen LogP contribution is -2.32. The first kappa shape index (κ1) is 37.9. The molecule has 62 heavy (non-hydrogen) atoms.